The van der Waals surface area contributed by atoms with Crippen LogP contribution in [-0.4, -0.2) is 59.0 Å². The van der Waals surface area contributed by atoms with Crippen LogP contribution in [0.1, 0.15) is 0 Å². The lowest BCUT2D eigenvalue weighted by atomic mass is 9.99. The largest absolute Gasteiger partial charge is 0.455 e. The summed E-state index contributed by atoms with van der Waals surface area (Å²) in [6.07, 6.45) is 8.52. The van der Waals surface area contributed by atoms with E-state index in [1.165, 1.54) is 0 Å². The summed E-state index contributed by atoms with van der Waals surface area (Å²) in [4.78, 5) is 46.9. The summed E-state index contributed by atoms with van der Waals surface area (Å²) >= 11 is 0. The first-order valence-corrected chi connectivity index (χ1v) is 28.5. The van der Waals surface area contributed by atoms with Gasteiger partial charge >= 0.3 is 0 Å². The molecule has 17 rings (SSSR count). The Labute approximate surface area is 496 Å². The van der Waals surface area contributed by atoms with Crippen molar-refractivity contribution in [2.45, 2.75) is 0 Å². The molecule has 13 heteroatoms. The number of hydrogen-bond donors (Lipinski definition) is 0. The molecule has 87 heavy (non-hydrogen) atoms. The lowest BCUT2D eigenvalue weighted by molar-refractivity contribution is 0.671. The number of rotatable bonds is 10. The average molecular weight is 1120 g/mol. The van der Waals surface area contributed by atoms with Gasteiger partial charge in [0.25, 0.3) is 0 Å². The Morgan fingerprint density at radius 2 is 0.621 bits per heavy atom. The Morgan fingerprint density at radius 1 is 0.264 bits per heavy atom. The molecule has 0 aliphatic heterocycles. The van der Waals surface area contributed by atoms with Crippen LogP contribution in [0.25, 0.3) is 168 Å². The van der Waals surface area contributed by atoms with Gasteiger partial charge in [-0.05, 0) is 96.1 Å². The maximum Gasteiger partial charge on any atom is 0.163 e. The first-order chi connectivity index (χ1) is 43.1. The number of pyridine rings is 1. The molecule has 7 heterocycles. The second-order valence-electron chi connectivity index (χ2n) is 21.3. The van der Waals surface area contributed by atoms with Crippen LogP contribution in [-0.2, 0) is 0 Å². The summed E-state index contributed by atoms with van der Waals surface area (Å²) in [6.45, 7) is 0. The Kier molecular flexibility index (Phi) is 11.5. The second kappa shape index (κ2) is 20.3. The Morgan fingerprint density at radius 3 is 1.03 bits per heavy atom. The molecule has 0 saturated carbocycles. The third-order valence-corrected chi connectivity index (χ3v) is 16.3. The summed E-state index contributed by atoms with van der Waals surface area (Å²) in [7, 11) is 0. The van der Waals surface area contributed by atoms with E-state index in [4.69, 9.17) is 19.4 Å². The molecule has 0 unspecified atom stereocenters. The lowest BCUT2D eigenvalue weighted by Crippen LogP contribution is -1.96. The molecule has 0 aliphatic carbocycles. The molecular weight excluding hydrogens is 1070 g/mol. The molecule has 0 saturated heterocycles. The highest BCUT2D eigenvalue weighted by atomic mass is 16.3. The third kappa shape index (κ3) is 8.48. The van der Waals surface area contributed by atoms with Crippen LogP contribution in [0.4, 0.5) is 0 Å². The van der Waals surface area contributed by atoms with Gasteiger partial charge in [-0.2, -0.15) is 0 Å². The van der Waals surface area contributed by atoms with E-state index in [0.717, 1.165) is 133 Å². The van der Waals surface area contributed by atoms with E-state index < -0.39 is 0 Å². The van der Waals surface area contributed by atoms with E-state index >= 15 is 0 Å². The van der Waals surface area contributed by atoms with Gasteiger partial charge in [-0.1, -0.05) is 152 Å². The van der Waals surface area contributed by atoms with Crippen molar-refractivity contribution in [2.24, 2.45) is 0 Å². The summed E-state index contributed by atoms with van der Waals surface area (Å²) in [6, 6.07) is 81.4. The van der Waals surface area contributed by atoms with Crippen molar-refractivity contribution >= 4 is 65.6 Å². The normalized spacial score (nSPS) is 11.7. The van der Waals surface area contributed by atoms with Crippen molar-refractivity contribution in [3.05, 3.63) is 268 Å². The summed E-state index contributed by atoms with van der Waals surface area (Å²) in [5.74, 6) is 3.61. The van der Waals surface area contributed by atoms with Crippen molar-refractivity contribution in [1.29, 1.82) is 0 Å². The predicted molar refractivity (Wildman–Crippen MR) is 344 cm³/mol. The molecule has 406 valence electrons. The zero-order chi connectivity index (χ0) is 57.4. The van der Waals surface area contributed by atoms with E-state index in [9.17, 15) is 0 Å². The smallest absolute Gasteiger partial charge is 0.163 e. The molecule has 10 aromatic carbocycles. The summed E-state index contributed by atoms with van der Waals surface area (Å²) in [5.41, 5.74) is 17.1. The lowest BCUT2D eigenvalue weighted by Gasteiger charge is -2.11. The first-order valence-electron chi connectivity index (χ1n) is 28.5. The molecule has 17 aromatic rings. The minimum Gasteiger partial charge on any atom is -0.455 e. The van der Waals surface area contributed by atoms with Crippen LogP contribution in [0.3, 0.4) is 0 Å². The van der Waals surface area contributed by atoms with Gasteiger partial charge in [-0.15, -0.1) is 0 Å². The zero-order valence-electron chi connectivity index (χ0n) is 46.2. The second-order valence-corrected chi connectivity index (χ2v) is 21.3. The summed E-state index contributed by atoms with van der Waals surface area (Å²) < 4.78 is 11.8. The van der Waals surface area contributed by atoms with E-state index in [2.05, 4.69) is 190 Å². The van der Waals surface area contributed by atoms with E-state index in [1.807, 2.05) is 103 Å². The van der Waals surface area contributed by atoms with Gasteiger partial charge in [0, 0.05) is 101 Å². The van der Waals surface area contributed by atoms with Crippen LogP contribution < -0.4 is 0 Å². The number of para-hydroxylation sites is 2. The molecule has 0 radical (unpaired) electrons. The van der Waals surface area contributed by atoms with Crippen LogP contribution >= 0.6 is 0 Å². The van der Waals surface area contributed by atoms with E-state index in [0.29, 0.717) is 34.9 Å². The molecular formula is C74H44N12O. The monoisotopic (exact) mass is 1120 g/mol. The topological polar surface area (TPSA) is 152 Å². The highest BCUT2D eigenvalue weighted by molar-refractivity contribution is 6.15. The maximum absolute atomic E-state index is 7.17. The van der Waals surface area contributed by atoms with Crippen LogP contribution in [0.5, 0.6) is 0 Å². The SMILES string of the molecule is c1ccc(-c2ncnc(-c3ccc4c(c3)c3cnccc3n4-c3cccc(-c4cccc5c4oc4c(-c6cccc(-n7c8ccc(-c9ncnc(-c%10ccccc%10)n9)cc8c8cc(-c9ncnc(-c%10ccccc%10)n9)ccc87)c6)cccc45)c3)n2)cc1. The average Bonchev–Trinajstić information content (AvgIpc) is 1.79. The molecule has 0 spiro atoms. The number of aromatic nitrogens is 12. The first kappa shape index (κ1) is 49.4. The van der Waals surface area contributed by atoms with Crippen molar-refractivity contribution < 1.29 is 4.42 Å². The van der Waals surface area contributed by atoms with Crippen molar-refractivity contribution in [3.63, 3.8) is 0 Å². The molecule has 0 fully saturated rings. The Bertz CT molecular complexity index is 5410. The van der Waals surface area contributed by atoms with Crippen molar-refractivity contribution in [3.8, 4) is 102 Å². The van der Waals surface area contributed by atoms with Gasteiger partial charge < -0.3 is 13.6 Å². The minimum absolute atomic E-state index is 0.580. The van der Waals surface area contributed by atoms with Gasteiger partial charge in [-0.25, -0.2) is 44.9 Å². The Balaban J connectivity index is 0.762. The summed E-state index contributed by atoms with van der Waals surface area (Å²) in [5, 5.41) is 6.17. The molecule has 0 bridgehead atoms. The van der Waals surface area contributed by atoms with Crippen LogP contribution in [0, 0.1) is 0 Å². The predicted octanol–water partition coefficient (Wildman–Crippen LogP) is 17.1. The van der Waals surface area contributed by atoms with Gasteiger partial charge in [0.2, 0.25) is 0 Å². The highest BCUT2D eigenvalue weighted by Crippen LogP contribution is 2.43. The maximum atomic E-state index is 7.17. The highest BCUT2D eigenvalue weighted by Gasteiger charge is 2.22. The quantitative estimate of drug-likeness (QED) is 0.129. The Hall–Kier alpha value is -12.2. The molecule has 0 N–H and O–H groups in total. The molecule has 0 atom stereocenters. The zero-order valence-corrected chi connectivity index (χ0v) is 46.2. The number of benzene rings is 10. The van der Waals surface area contributed by atoms with Gasteiger partial charge in [0.1, 0.15) is 30.1 Å². The molecule has 0 amide bonds. The third-order valence-electron chi connectivity index (χ3n) is 16.3. The van der Waals surface area contributed by atoms with Crippen molar-refractivity contribution in [2.75, 3.05) is 0 Å². The van der Waals surface area contributed by atoms with Gasteiger partial charge in [-0.3, -0.25) is 4.98 Å². The molecule has 0 aliphatic rings. The number of nitrogens with zero attached hydrogens (tertiary/aromatic N) is 12. The molecule has 13 nitrogen and oxygen atoms in total. The van der Waals surface area contributed by atoms with Crippen molar-refractivity contribution in [1.82, 2.24) is 59.0 Å². The fraction of sp³-hybridized carbons (Fsp3) is 0. The number of hydrogen-bond acceptors (Lipinski definition) is 11. The van der Waals surface area contributed by atoms with Crippen LogP contribution in [0.2, 0.25) is 0 Å². The standard InChI is InChI=1S/C74H44N12O/c1-4-14-45(15-5-1)69-76-42-79-72(82-69)50-28-31-63-59(38-50)60-39-51(73-80-43-77-70(83-73)46-16-6-2-7-17-46)29-32-64(60)85(63)53-22-10-20-48(36-53)55-24-12-26-57-58-27-13-25-56(68(58)87-67(55)57)49-21-11-23-54(37-49)86-65-33-30-52(40-61(65)62-41-75-35-34-66(62)86)74-81-44-78-71(84-74)47-18-8-3-9-19-47/h1-44H. The number of fused-ring (bicyclic) bond motifs is 9. The fourth-order valence-electron chi connectivity index (χ4n) is 12.2. The van der Waals surface area contributed by atoms with Crippen LogP contribution in [0.15, 0.2) is 272 Å². The van der Waals surface area contributed by atoms with Gasteiger partial charge in [0.05, 0.1) is 22.1 Å². The van der Waals surface area contributed by atoms with E-state index in [-0.39, 0.29) is 0 Å². The molecule has 7 aromatic heterocycles. The van der Waals surface area contributed by atoms with Gasteiger partial charge in [0.15, 0.2) is 34.9 Å². The van der Waals surface area contributed by atoms with E-state index in [1.54, 1.807) is 19.0 Å². The number of furan rings is 1. The fourth-order valence-corrected chi connectivity index (χ4v) is 12.2. The minimum atomic E-state index is 0.580.